The zero-order chi connectivity index (χ0) is 11.3. The highest BCUT2D eigenvalue weighted by Crippen LogP contribution is 2.18. The molecule has 0 amide bonds. The van der Waals surface area contributed by atoms with E-state index in [1.54, 1.807) is 12.1 Å². The average molecular weight is 215 g/mol. The second kappa shape index (κ2) is 5.66. The Balaban J connectivity index is 2.56. The van der Waals surface area contributed by atoms with E-state index in [1.165, 1.54) is 0 Å². The molecule has 0 bridgehead atoms. The van der Waals surface area contributed by atoms with Crippen molar-refractivity contribution in [2.45, 2.75) is 19.3 Å². The van der Waals surface area contributed by atoms with Gasteiger partial charge >= 0.3 is 0 Å². The van der Waals surface area contributed by atoms with E-state index >= 15 is 0 Å². The fraction of sp³-hybridized carbons (Fsp3) is 0.455. The van der Waals surface area contributed by atoms with Crippen LogP contribution >= 0.6 is 0 Å². The SMILES string of the molecule is CC(CN)c1ccc(OCC(F)F)cc1. The predicted octanol–water partition coefficient (Wildman–Crippen LogP) is 2.39. The zero-order valence-electron chi connectivity index (χ0n) is 8.62. The molecule has 0 spiro atoms. The monoisotopic (exact) mass is 215 g/mol. The first-order valence-corrected chi connectivity index (χ1v) is 4.84. The maximum atomic E-state index is 11.8. The van der Waals surface area contributed by atoms with Crippen molar-refractivity contribution in [1.29, 1.82) is 0 Å². The third kappa shape index (κ3) is 3.83. The van der Waals surface area contributed by atoms with Crippen molar-refractivity contribution in [2.24, 2.45) is 5.73 Å². The van der Waals surface area contributed by atoms with Crippen molar-refractivity contribution in [1.82, 2.24) is 0 Å². The smallest absolute Gasteiger partial charge is 0.272 e. The molecule has 0 radical (unpaired) electrons. The maximum Gasteiger partial charge on any atom is 0.272 e. The van der Waals surface area contributed by atoms with Crippen LogP contribution in [0.4, 0.5) is 8.78 Å². The fourth-order valence-corrected chi connectivity index (χ4v) is 1.19. The van der Waals surface area contributed by atoms with E-state index in [4.69, 9.17) is 10.5 Å². The predicted molar refractivity (Wildman–Crippen MR) is 55.4 cm³/mol. The second-order valence-corrected chi connectivity index (χ2v) is 3.41. The molecule has 0 saturated heterocycles. The summed E-state index contributed by atoms with van der Waals surface area (Å²) in [6.07, 6.45) is -2.44. The highest BCUT2D eigenvalue weighted by atomic mass is 19.3. The molecular formula is C11H15F2NO. The Kier molecular flexibility index (Phi) is 4.49. The Morgan fingerprint density at radius 2 is 1.87 bits per heavy atom. The van der Waals surface area contributed by atoms with Crippen LogP contribution in [0.5, 0.6) is 5.75 Å². The quantitative estimate of drug-likeness (QED) is 0.818. The summed E-state index contributed by atoms with van der Waals surface area (Å²) in [5, 5.41) is 0. The molecular weight excluding hydrogens is 200 g/mol. The molecule has 1 aromatic carbocycles. The lowest BCUT2D eigenvalue weighted by Crippen LogP contribution is -2.09. The number of alkyl halides is 2. The van der Waals surface area contributed by atoms with E-state index in [1.807, 2.05) is 19.1 Å². The van der Waals surface area contributed by atoms with Crippen LogP contribution < -0.4 is 10.5 Å². The first-order valence-electron chi connectivity index (χ1n) is 4.84. The summed E-state index contributed by atoms with van der Waals surface area (Å²) < 4.78 is 28.5. The highest BCUT2D eigenvalue weighted by Gasteiger charge is 2.05. The summed E-state index contributed by atoms with van der Waals surface area (Å²) in [6.45, 7) is 2.01. The average Bonchev–Trinajstić information content (AvgIpc) is 2.26. The molecule has 0 aliphatic carbocycles. The van der Waals surface area contributed by atoms with Gasteiger partial charge in [0.05, 0.1) is 0 Å². The van der Waals surface area contributed by atoms with Gasteiger partial charge in [0.1, 0.15) is 12.4 Å². The minimum Gasteiger partial charge on any atom is -0.488 e. The van der Waals surface area contributed by atoms with E-state index < -0.39 is 13.0 Å². The molecule has 15 heavy (non-hydrogen) atoms. The Hall–Kier alpha value is -1.16. The maximum absolute atomic E-state index is 11.8. The van der Waals surface area contributed by atoms with E-state index in [0.29, 0.717) is 12.3 Å². The number of benzene rings is 1. The zero-order valence-corrected chi connectivity index (χ0v) is 8.62. The van der Waals surface area contributed by atoms with Crippen molar-refractivity contribution in [2.75, 3.05) is 13.2 Å². The van der Waals surface area contributed by atoms with Gasteiger partial charge in [0.15, 0.2) is 0 Å². The van der Waals surface area contributed by atoms with Crippen molar-refractivity contribution in [3.63, 3.8) is 0 Å². The number of nitrogens with two attached hydrogens (primary N) is 1. The van der Waals surface area contributed by atoms with Gasteiger partial charge in [0, 0.05) is 0 Å². The molecule has 1 unspecified atom stereocenters. The van der Waals surface area contributed by atoms with Crippen molar-refractivity contribution in [3.8, 4) is 5.75 Å². The van der Waals surface area contributed by atoms with Crippen LogP contribution in [0.25, 0.3) is 0 Å². The van der Waals surface area contributed by atoms with Crippen LogP contribution in [0.2, 0.25) is 0 Å². The van der Waals surface area contributed by atoms with Crippen LogP contribution in [0.1, 0.15) is 18.4 Å². The van der Waals surface area contributed by atoms with Gasteiger partial charge in [-0.15, -0.1) is 0 Å². The first kappa shape index (κ1) is 11.9. The summed E-state index contributed by atoms with van der Waals surface area (Å²) in [4.78, 5) is 0. The van der Waals surface area contributed by atoms with Gasteiger partial charge in [-0.1, -0.05) is 19.1 Å². The molecule has 0 heterocycles. The van der Waals surface area contributed by atoms with Gasteiger partial charge in [-0.3, -0.25) is 0 Å². The molecule has 4 heteroatoms. The Morgan fingerprint density at radius 1 is 1.27 bits per heavy atom. The second-order valence-electron chi connectivity index (χ2n) is 3.41. The van der Waals surface area contributed by atoms with Crippen LogP contribution in [-0.4, -0.2) is 19.6 Å². The molecule has 1 aromatic rings. The van der Waals surface area contributed by atoms with Gasteiger partial charge in [-0.25, -0.2) is 8.78 Å². The molecule has 0 fully saturated rings. The highest BCUT2D eigenvalue weighted by molar-refractivity contribution is 5.29. The van der Waals surface area contributed by atoms with Crippen LogP contribution in [0.15, 0.2) is 24.3 Å². The van der Waals surface area contributed by atoms with Gasteiger partial charge in [-0.2, -0.15) is 0 Å². The standard InChI is InChI=1S/C11H15F2NO/c1-8(6-14)9-2-4-10(5-3-9)15-7-11(12)13/h2-5,8,11H,6-7,14H2,1H3. The van der Waals surface area contributed by atoms with Crippen molar-refractivity contribution < 1.29 is 13.5 Å². The normalized spacial score (nSPS) is 12.9. The topological polar surface area (TPSA) is 35.2 Å². The lowest BCUT2D eigenvalue weighted by Gasteiger charge is -2.10. The minimum absolute atomic E-state index is 0.272. The van der Waals surface area contributed by atoms with Crippen molar-refractivity contribution in [3.05, 3.63) is 29.8 Å². The Labute approximate surface area is 88.0 Å². The molecule has 0 saturated carbocycles. The molecule has 84 valence electrons. The van der Waals surface area contributed by atoms with Gasteiger partial charge in [-0.05, 0) is 30.2 Å². The Bertz CT molecular complexity index is 287. The largest absolute Gasteiger partial charge is 0.488 e. The van der Waals surface area contributed by atoms with E-state index in [0.717, 1.165) is 5.56 Å². The van der Waals surface area contributed by atoms with E-state index in [-0.39, 0.29) is 5.92 Å². The molecule has 2 N–H and O–H groups in total. The van der Waals surface area contributed by atoms with Gasteiger partial charge < -0.3 is 10.5 Å². The van der Waals surface area contributed by atoms with Gasteiger partial charge in [0.2, 0.25) is 0 Å². The number of ether oxygens (including phenoxy) is 1. The first-order chi connectivity index (χ1) is 7.13. The molecule has 1 atom stereocenters. The molecule has 0 aromatic heterocycles. The molecule has 0 aliphatic rings. The molecule has 1 rings (SSSR count). The number of hydrogen-bond acceptors (Lipinski definition) is 2. The fourth-order valence-electron chi connectivity index (χ4n) is 1.19. The number of rotatable bonds is 5. The van der Waals surface area contributed by atoms with E-state index in [9.17, 15) is 8.78 Å². The third-order valence-electron chi connectivity index (χ3n) is 2.18. The molecule has 2 nitrogen and oxygen atoms in total. The number of hydrogen-bond donors (Lipinski definition) is 1. The third-order valence-corrected chi connectivity index (χ3v) is 2.18. The summed E-state index contributed by atoms with van der Waals surface area (Å²) in [6, 6.07) is 7.06. The summed E-state index contributed by atoms with van der Waals surface area (Å²) in [5.41, 5.74) is 6.60. The lowest BCUT2D eigenvalue weighted by atomic mass is 10.0. The Morgan fingerprint density at radius 3 is 2.33 bits per heavy atom. The minimum atomic E-state index is -2.44. The summed E-state index contributed by atoms with van der Waals surface area (Å²) in [5.74, 6) is 0.734. The number of halogens is 2. The van der Waals surface area contributed by atoms with Crippen LogP contribution in [-0.2, 0) is 0 Å². The molecule has 0 aliphatic heterocycles. The van der Waals surface area contributed by atoms with Gasteiger partial charge in [0.25, 0.3) is 6.43 Å². The lowest BCUT2D eigenvalue weighted by molar-refractivity contribution is 0.0819. The van der Waals surface area contributed by atoms with E-state index in [2.05, 4.69) is 0 Å². The summed E-state index contributed by atoms with van der Waals surface area (Å²) in [7, 11) is 0. The van der Waals surface area contributed by atoms with Crippen LogP contribution in [0.3, 0.4) is 0 Å². The van der Waals surface area contributed by atoms with Crippen LogP contribution in [0, 0.1) is 0 Å². The summed E-state index contributed by atoms with van der Waals surface area (Å²) >= 11 is 0. The van der Waals surface area contributed by atoms with Crippen molar-refractivity contribution >= 4 is 0 Å².